The Labute approximate surface area is 169 Å². The average Bonchev–Trinajstić information content (AvgIpc) is 3.23. The van der Waals surface area contributed by atoms with Crippen LogP contribution >= 0.6 is 0 Å². The summed E-state index contributed by atoms with van der Waals surface area (Å²) in [6, 6.07) is 0. The summed E-state index contributed by atoms with van der Waals surface area (Å²) in [5.41, 5.74) is 0.336. The average molecular weight is 403 g/mol. The van der Waals surface area contributed by atoms with Gasteiger partial charge in [-0.15, -0.1) is 0 Å². The van der Waals surface area contributed by atoms with Crippen LogP contribution in [0.1, 0.15) is 51.0 Å². The molecular formula is C20H29N5O4. The molecule has 0 aromatic carbocycles. The first-order chi connectivity index (χ1) is 14.0. The fraction of sp³-hybridized carbons (Fsp3) is 0.600. The zero-order valence-electron chi connectivity index (χ0n) is 17.0. The number of likely N-dealkylation sites (tertiary alicyclic amines) is 1. The fourth-order valence-electron chi connectivity index (χ4n) is 3.62. The van der Waals surface area contributed by atoms with E-state index in [0.717, 1.165) is 32.4 Å². The van der Waals surface area contributed by atoms with Crippen molar-refractivity contribution in [2.24, 2.45) is 5.92 Å². The van der Waals surface area contributed by atoms with E-state index >= 15 is 0 Å². The van der Waals surface area contributed by atoms with E-state index in [2.05, 4.69) is 15.0 Å². The molecule has 9 nitrogen and oxygen atoms in total. The molecule has 0 spiro atoms. The van der Waals surface area contributed by atoms with Crippen molar-refractivity contribution in [3.8, 4) is 11.8 Å². The van der Waals surface area contributed by atoms with Crippen LogP contribution in [0, 0.1) is 5.92 Å². The number of aliphatic hydroxyl groups excluding tert-OH is 1. The third-order valence-electron chi connectivity index (χ3n) is 5.29. The first kappa shape index (κ1) is 21.0. The molecule has 0 saturated carbocycles. The van der Waals surface area contributed by atoms with Crippen LogP contribution in [0.25, 0.3) is 5.95 Å². The molecule has 2 N–H and O–H groups in total. The molecule has 1 aliphatic heterocycles. The SMILES string of the molecule is CC(C)c1c(OCCC2CCN(C(=O)CCO)CC2)nc(-n2ccnc2)[nH]c1=O. The van der Waals surface area contributed by atoms with Crippen molar-refractivity contribution < 1.29 is 14.6 Å². The number of ether oxygens (including phenoxy) is 1. The summed E-state index contributed by atoms with van der Waals surface area (Å²) in [6.07, 6.45) is 7.77. The number of aromatic amines is 1. The zero-order valence-corrected chi connectivity index (χ0v) is 17.0. The summed E-state index contributed by atoms with van der Waals surface area (Å²) >= 11 is 0. The van der Waals surface area contributed by atoms with Gasteiger partial charge in [0.1, 0.15) is 6.33 Å². The van der Waals surface area contributed by atoms with Gasteiger partial charge in [-0.1, -0.05) is 13.8 Å². The van der Waals surface area contributed by atoms with Crippen LogP contribution in [-0.4, -0.2) is 61.7 Å². The van der Waals surface area contributed by atoms with Crippen LogP contribution in [0.4, 0.5) is 0 Å². The molecule has 9 heteroatoms. The van der Waals surface area contributed by atoms with Gasteiger partial charge in [0.25, 0.3) is 5.56 Å². The molecule has 1 aliphatic rings. The molecule has 158 valence electrons. The summed E-state index contributed by atoms with van der Waals surface area (Å²) in [7, 11) is 0. The number of aliphatic hydroxyl groups is 1. The summed E-state index contributed by atoms with van der Waals surface area (Å²) in [5, 5.41) is 8.91. The number of aromatic nitrogens is 4. The van der Waals surface area contributed by atoms with E-state index in [1.807, 2.05) is 18.7 Å². The minimum atomic E-state index is -0.204. The molecule has 29 heavy (non-hydrogen) atoms. The summed E-state index contributed by atoms with van der Waals surface area (Å²) in [4.78, 5) is 37.5. The van der Waals surface area contributed by atoms with Gasteiger partial charge in [-0.05, 0) is 31.1 Å². The summed E-state index contributed by atoms with van der Waals surface area (Å²) in [5.74, 6) is 1.21. The monoisotopic (exact) mass is 403 g/mol. The van der Waals surface area contributed by atoms with E-state index in [1.165, 1.54) is 0 Å². The molecule has 2 aromatic rings. The van der Waals surface area contributed by atoms with E-state index in [-0.39, 0.29) is 30.4 Å². The Morgan fingerprint density at radius 2 is 2.14 bits per heavy atom. The molecular weight excluding hydrogens is 374 g/mol. The van der Waals surface area contributed by atoms with Crippen LogP contribution < -0.4 is 10.3 Å². The third kappa shape index (κ3) is 5.23. The van der Waals surface area contributed by atoms with Gasteiger partial charge >= 0.3 is 0 Å². The maximum Gasteiger partial charge on any atom is 0.259 e. The smallest absolute Gasteiger partial charge is 0.259 e. The van der Waals surface area contributed by atoms with Gasteiger partial charge in [-0.2, -0.15) is 4.98 Å². The standard InChI is InChI=1S/C20H29N5O4/c1-14(2)17-18(28)22-20(25-10-7-21-13-25)23-19(17)29-12-6-15-3-8-24(9-4-15)16(27)5-11-26/h7,10,13-15,26H,3-6,8-9,11-12H2,1-2H3,(H,22,23,28). The number of nitrogens with one attached hydrogen (secondary N) is 1. The number of carbonyl (C=O) groups excluding carboxylic acids is 1. The summed E-state index contributed by atoms with van der Waals surface area (Å²) < 4.78 is 7.59. The molecule has 2 aromatic heterocycles. The van der Waals surface area contributed by atoms with Crippen molar-refractivity contribution in [2.75, 3.05) is 26.3 Å². The van der Waals surface area contributed by atoms with E-state index in [9.17, 15) is 9.59 Å². The Morgan fingerprint density at radius 1 is 1.38 bits per heavy atom. The number of imidazole rings is 1. The number of H-pyrrole nitrogens is 1. The highest BCUT2D eigenvalue weighted by Gasteiger charge is 2.23. The van der Waals surface area contributed by atoms with Gasteiger partial charge in [0.2, 0.25) is 17.7 Å². The number of rotatable bonds is 8. The van der Waals surface area contributed by atoms with Crippen molar-refractivity contribution in [2.45, 2.75) is 45.4 Å². The van der Waals surface area contributed by atoms with Crippen LogP contribution in [0.2, 0.25) is 0 Å². The van der Waals surface area contributed by atoms with Crippen molar-refractivity contribution in [3.63, 3.8) is 0 Å². The molecule has 0 radical (unpaired) electrons. The Morgan fingerprint density at radius 3 is 2.76 bits per heavy atom. The van der Waals surface area contributed by atoms with Gasteiger partial charge in [-0.25, -0.2) is 4.98 Å². The molecule has 0 unspecified atom stereocenters. The lowest BCUT2D eigenvalue weighted by Gasteiger charge is -2.32. The normalized spacial score (nSPS) is 15.1. The Hall–Kier alpha value is -2.68. The number of piperidine rings is 1. The number of hydrogen-bond donors (Lipinski definition) is 2. The lowest BCUT2D eigenvalue weighted by atomic mass is 9.94. The fourth-order valence-corrected chi connectivity index (χ4v) is 3.62. The van der Waals surface area contributed by atoms with Crippen molar-refractivity contribution in [1.29, 1.82) is 0 Å². The van der Waals surface area contributed by atoms with E-state index < -0.39 is 0 Å². The van der Waals surface area contributed by atoms with Crippen LogP contribution in [-0.2, 0) is 4.79 Å². The molecule has 1 amide bonds. The molecule has 1 fully saturated rings. The Balaban J connectivity index is 1.60. The van der Waals surface area contributed by atoms with Gasteiger partial charge in [0.05, 0.1) is 18.8 Å². The van der Waals surface area contributed by atoms with Crippen LogP contribution in [0.3, 0.4) is 0 Å². The van der Waals surface area contributed by atoms with Crippen LogP contribution in [0.15, 0.2) is 23.5 Å². The van der Waals surface area contributed by atoms with Gasteiger partial charge in [0.15, 0.2) is 0 Å². The van der Waals surface area contributed by atoms with E-state index in [0.29, 0.717) is 29.9 Å². The van der Waals surface area contributed by atoms with Gasteiger partial charge in [0, 0.05) is 31.9 Å². The van der Waals surface area contributed by atoms with Crippen molar-refractivity contribution in [3.05, 3.63) is 34.6 Å². The van der Waals surface area contributed by atoms with Crippen molar-refractivity contribution in [1.82, 2.24) is 24.4 Å². The van der Waals surface area contributed by atoms with Crippen LogP contribution in [0.5, 0.6) is 5.88 Å². The lowest BCUT2D eigenvalue weighted by Crippen LogP contribution is -2.39. The molecule has 0 bridgehead atoms. The molecule has 1 saturated heterocycles. The summed E-state index contributed by atoms with van der Waals surface area (Å²) in [6.45, 7) is 5.68. The highest BCUT2D eigenvalue weighted by Crippen LogP contribution is 2.24. The quantitative estimate of drug-likeness (QED) is 0.690. The maximum atomic E-state index is 12.6. The van der Waals surface area contributed by atoms with Gasteiger partial charge < -0.3 is 14.7 Å². The third-order valence-corrected chi connectivity index (χ3v) is 5.29. The number of hydrogen-bond acceptors (Lipinski definition) is 6. The van der Waals surface area contributed by atoms with E-state index in [4.69, 9.17) is 9.84 Å². The molecule has 3 heterocycles. The first-order valence-electron chi connectivity index (χ1n) is 10.1. The zero-order chi connectivity index (χ0) is 20.8. The van der Waals surface area contributed by atoms with E-state index in [1.54, 1.807) is 23.3 Å². The highest BCUT2D eigenvalue weighted by molar-refractivity contribution is 5.76. The highest BCUT2D eigenvalue weighted by atomic mass is 16.5. The maximum absolute atomic E-state index is 12.6. The predicted octanol–water partition coefficient (Wildman–Crippen LogP) is 1.47. The number of amides is 1. The predicted molar refractivity (Wildman–Crippen MR) is 107 cm³/mol. The lowest BCUT2D eigenvalue weighted by molar-refractivity contribution is -0.133. The number of nitrogens with zero attached hydrogens (tertiary/aromatic N) is 4. The van der Waals surface area contributed by atoms with Gasteiger partial charge in [-0.3, -0.25) is 19.1 Å². The number of carbonyl (C=O) groups is 1. The topological polar surface area (TPSA) is 113 Å². The minimum Gasteiger partial charge on any atom is -0.477 e. The first-order valence-corrected chi connectivity index (χ1v) is 10.1. The molecule has 0 atom stereocenters. The van der Waals surface area contributed by atoms with Crippen molar-refractivity contribution >= 4 is 5.91 Å². The second-order valence-electron chi connectivity index (χ2n) is 7.67. The molecule has 3 rings (SSSR count). The largest absolute Gasteiger partial charge is 0.477 e. The Bertz CT molecular complexity index is 854. The molecule has 0 aliphatic carbocycles. The Kier molecular flexibility index (Phi) is 7.03. The second kappa shape index (κ2) is 9.69. The second-order valence-corrected chi connectivity index (χ2v) is 7.67. The minimum absolute atomic E-state index is 0.0149.